The van der Waals surface area contributed by atoms with E-state index in [2.05, 4.69) is 10.4 Å². The van der Waals surface area contributed by atoms with E-state index in [4.69, 9.17) is 50.8 Å². The van der Waals surface area contributed by atoms with E-state index in [-0.39, 0.29) is 18.0 Å². The van der Waals surface area contributed by atoms with Gasteiger partial charge in [0.15, 0.2) is 9.63 Å². The van der Waals surface area contributed by atoms with Crippen LogP contribution in [0.3, 0.4) is 0 Å². The maximum Gasteiger partial charge on any atom is 0.297 e. The largest absolute Gasteiger partial charge is 0.465 e. The minimum atomic E-state index is -1.71. The number of hydrazine groups is 1. The van der Waals surface area contributed by atoms with Crippen LogP contribution in [0.5, 0.6) is 0 Å². The lowest BCUT2D eigenvalue weighted by molar-refractivity contribution is -0.133. The van der Waals surface area contributed by atoms with Crippen LogP contribution in [0.4, 0.5) is 0 Å². The molecule has 2 heterocycles. The van der Waals surface area contributed by atoms with Gasteiger partial charge in [-0.15, -0.1) is 11.6 Å². The molecule has 28 heavy (non-hydrogen) atoms. The molecule has 0 saturated heterocycles. The van der Waals surface area contributed by atoms with Crippen molar-refractivity contribution in [1.82, 2.24) is 10.4 Å². The molecule has 1 aliphatic rings. The van der Waals surface area contributed by atoms with E-state index < -0.39 is 21.0 Å². The number of aliphatic imine (C=N–C) groups is 1. The van der Waals surface area contributed by atoms with E-state index in [1.807, 2.05) is 6.07 Å². The van der Waals surface area contributed by atoms with Gasteiger partial charge < -0.3 is 4.42 Å². The average Bonchev–Trinajstić information content (AvgIpc) is 3.25. The zero-order valence-electron chi connectivity index (χ0n) is 14.1. The van der Waals surface area contributed by atoms with Crippen LogP contribution in [-0.4, -0.2) is 31.8 Å². The van der Waals surface area contributed by atoms with Crippen molar-refractivity contribution in [3.63, 3.8) is 0 Å². The number of hydrogen-bond acceptors (Lipinski definition) is 4. The monoisotopic (exact) mass is 459 g/mol. The molecule has 146 valence electrons. The van der Waals surface area contributed by atoms with Gasteiger partial charge >= 0.3 is 0 Å². The molecule has 0 spiro atoms. The fraction of sp³-hybridized carbons (Fsp3) is 0.167. The molecule has 1 aliphatic heterocycles. The van der Waals surface area contributed by atoms with Crippen molar-refractivity contribution in [3.8, 4) is 0 Å². The lowest BCUT2D eigenvalue weighted by Gasteiger charge is -2.22. The number of benzene rings is 1. The van der Waals surface area contributed by atoms with E-state index >= 15 is 0 Å². The molecule has 1 aromatic heterocycles. The molecule has 1 N–H and O–H groups in total. The highest BCUT2D eigenvalue weighted by molar-refractivity contribution is 6.67. The third-order valence-corrected chi connectivity index (χ3v) is 4.45. The van der Waals surface area contributed by atoms with Gasteiger partial charge in [0, 0.05) is 18.1 Å². The highest BCUT2D eigenvalue weighted by Gasteiger charge is 2.36. The first kappa shape index (κ1) is 20.7. The lowest BCUT2D eigenvalue weighted by atomic mass is 10.2. The van der Waals surface area contributed by atoms with Crippen LogP contribution in [0.1, 0.15) is 17.7 Å². The van der Waals surface area contributed by atoms with Crippen LogP contribution in [0.2, 0.25) is 0 Å². The first-order valence-electron chi connectivity index (χ1n) is 8.00. The number of furan rings is 1. The van der Waals surface area contributed by atoms with Gasteiger partial charge in [0.05, 0.1) is 6.26 Å². The molecule has 0 saturated carbocycles. The first-order chi connectivity index (χ1) is 13.2. The van der Waals surface area contributed by atoms with Crippen LogP contribution < -0.4 is 5.43 Å². The Morgan fingerprint density at radius 1 is 1.21 bits per heavy atom. The quantitative estimate of drug-likeness (QED) is 0.533. The van der Waals surface area contributed by atoms with E-state index in [9.17, 15) is 9.59 Å². The molecule has 6 nitrogen and oxygen atoms in total. The highest BCUT2D eigenvalue weighted by Crippen LogP contribution is 2.33. The van der Waals surface area contributed by atoms with Crippen LogP contribution in [0.25, 0.3) is 6.08 Å². The Balaban J connectivity index is 1.89. The van der Waals surface area contributed by atoms with E-state index in [1.54, 1.807) is 36.4 Å². The number of amidine groups is 1. The molecule has 0 fully saturated rings. The van der Waals surface area contributed by atoms with Crippen LogP contribution >= 0.6 is 46.4 Å². The predicted octanol–water partition coefficient (Wildman–Crippen LogP) is 4.31. The van der Waals surface area contributed by atoms with Gasteiger partial charge in [-0.1, -0.05) is 65.1 Å². The molecule has 0 radical (unpaired) electrons. The minimum Gasteiger partial charge on any atom is -0.465 e. The summed E-state index contributed by atoms with van der Waals surface area (Å²) in [5.41, 5.74) is 3.15. The van der Waals surface area contributed by atoms with Gasteiger partial charge in [-0.3, -0.25) is 15.0 Å². The van der Waals surface area contributed by atoms with Crippen LogP contribution in [0, 0.1) is 0 Å². The summed E-state index contributed by atoms with van der Waals surface area (Å²) >= 11 is 23.1. The Kier molecular flexibility index (Phi) is 6.35. The smallest absolute Gasteiger partial charge is 0.297 e. The standard InChI is InChI=1S/C18H13Cl4N3O3/c19-13(10-18(20,21)22)16(26)24-25-15(11-5-2-1-3-6-11)23-14(17(25)27)9-12-7-4-8-28-12/h1-9,13H,10H2,(H,24,26)/b14-9-/t13-/m1/s1. The Labute approximate surface area is 180 Å². The van der Waals surface area contributed by atoms with Crippen molar-refractivity contribution in [3.05, 3.63) is 65.7 Å². The van der Waals surface area contributed by atoms with Gasteiger partial charge in [0.2, 0.25) is 0 Å². The van der Waals surface area contributed by atoms with Gasteiger partial charge in [0.25, 0.3) is 11.8 Å². The van der Waals surface area contributed by atoms with Gasteiger partial charge in [-0.2, -0.15) is 5.01 Å². The molecule has 2 amide bonds. The summed E-state index contributed by atoms with van der Waals surface area (Å²) in [6.45, 7) is 0. The van der Waals surface area contributed by atoms with Crippen molar-refractivity contribution in [2.45, 2.75) is 15.6 Å². The summed E-state index contributed by atoms with van der Waals surface area (Å²) in [5.74, 6) is -0.584. The number of halogens is 4. The second-order valence-corrected chi connectivity index (χ2v) is 8.79. The molecule has 3 rings (SSSR count). The highest BCUT2D eigenvalue weighted by atomic mass is 35.6. The Bertz CT molecular complexity index is 921. The van der Waals surface area contributed by atoms with Crippen molar-refractivity contribution < 1.29 is 14.0 Å². The molecular weight excluding hydrogens is 448 g/mol. The summed E-state index contributed by atoms with van der Waals surface area (Å²) in [5, 5.41) is -0.157. The molecule has 0 bridgehead atoms. The van der Waals surface area contributed by atoms with E-state index in [0.717, 1.165) is 5.01 Å². The number of nitrogens with one attached hydrogen (secondary N) is 1. The number of amides is 2. The maximum atomic E-state index is 12.8. The normalized spacial score (nSPS) is 17.0. The number of rotatable bonds is 5. The summed E-state index contributed by atoms with van der Waals surface area (Å²) in [6, 6.07) is 12.2. The van der Waals surface area contributed by atoms with E-state index in [0.29, 0.717) is 11.3 Å². The molecule has 1 atom stereocenters. The predicted molar refractivity (Wildman–Crippen MR) is 109 cm³/mol. The van der Waals surface area contributed by atoms with Gasteiger partial charge in [0.1, 0.15) is 16.8 Å². The fourth-order valence-electron chi connectivity index (χ4n) is 2.39. The summed E-state index contributed by atoms with van der Waals surface area (Å²) < 4.78 is 3.52. The Morgan fingerprint density at radius 2 is 1.93 bits per heavy atom. The minimum absolute atomic E-state index is 0.0848. The zero-order valence-corrected chi connectivity index (χ0v) is 17.1. The topological polar surface area (TPSA) is 74.9 Å². The number of hydrogen-bond donors (Lipinski definition) is 1. The Hall–Kier alpha value is -1.99. The van der Waals surface area contributed by atoms with Crippen LogP contribution in [0.15, 0.2) is 63.8 Å². The molecular formula is C18H13Cl4N3O3. The average molecular weight is 461 g/mol. The van der Waals surface area contributed by atoms with Gasteiger partial charge in [-0.05, 0) is 12.1 Å². The van der Waals surface area contributed by atoms with Crippen molar-refractivity contribution in [1.29, 1.82) is 0 Å². The summed E-state index contributed by atoms with van der Waals surface area (Å²) in [7, 11) is 0. The second-order valence-electron chi connectivity index (χ2n) is 5.75. The second kappa shape index (κ2) is 8.57. The zero-order chi connectivity index (χ0) is 20.3. The number of carbonyl (C=O) groups excluding carboxylic acids is 2. The SMILES string of the molecule is O=C(NN1C(=O)/C(=C/c2ccco2)N=C1c1ccccc1)[C@H](Cl)CC(Cl)(Cl)Cl. The number of carbonyl (C=O) groups is 2. The first-order valence-corrected chi connectivity index (χ1v) is 9.57. The molecule has 2 aromatic rings. The van der Waals surface area contributed by atoms with Crippen molar-refractivity contribution in [2.75, 3.05) is 0 Å². The van der Waals surface area contributed by atoms with E-state index in [1.165, 1.54) is 12.3 Å². The van der Waals surface area contributed by atoms with Gasteiger partial charge in [-0.25, -0.2) is 4.99 Å². The number of nitrogens with zero attached hydrogens (tertiary/aromatic N) is 2. The fourth-order valence-corrected chi connectivity index (χ4v) is 3.37. The molecule has 0 aliphatic carbocycles. The van der Waals surface area contributed by atoms with Crippen molar-refractivity contribution >= 4 is 70.1 Å². The van der Waals surface area contributed by atoms with Crippen molar-refractivity contribution in [2.24, 2.45) is 4.99 Å². The lowest BCUT2D eigenvalue weighted by Crippen LogP contribution is -2.50. The van der Waals surface area contributed by atoms with Crippen LogP contribution in [-0.2, 0) is 9.59 Å². The third-order valence-electron chi connectivity index (χ3n) is 3.63. The number of alkyl halides is 4. The molecule has 10 heteroatoms. The third kappa shape index (κ3) is 5.08. The molecule has 1 aromatic carbocycles. The summed E-state index contributed by atoms with van der Waals surface area (Å²) in [4.78, 5) is 29.6. The summed E-state index contributed by atoms with van der Waals surface area (Å²) in [6.07, 6.45) is 2.71. The molecule has 0 unspecified atom stereocenters. The Morgan fingerprint density at radius 3 is 2.54 bits per heavy atom. The maximum absolute atomic E-state index is 12.8.